The molecule has 1 unspecified atom stereocenters. The Kier molecular flexibility index (Phi) is 9.36. The molecule has 42 heavy (non-hydrogen) atoms. The minimum atomic E-state index is -0.561. The van der Waals surface area contributed by atoms with Gasteiger partial charge < -0.3 is 18.9 Å². The van der Waals surface area contributed by atoms with Crippen LogP contribution in [0, 0.1) is 6.92 Å². The third-order valence-corrected chi connectivity index (χ3v) is 7.21. The van der Waals surface area contributed by atoms with Gasteiger partial charge in [-0.15, -0.1) is 0 Å². The van der Waals surface area contributed by atoms with E-state index in [9.17, 15) is 9.59 Å². The molecule has 11 heteroatoms. The summed E-state index contributed by atoms with van der Waals surface area (Å²) < 4.78 is 14.4. The van der Waals surface area contributed by atoms with Crippen molar-refractivity contribution in [2.45, 2.75) is 46.0 Å². The van der Waals surface area contributed by atoms with Gasteiger partial charge in [-0.3, -0.25) is 4.79 Å². The summed E-state index contributed by atoms with van der Waals surface area (Å²) in [6.45, 7) is 7.93. The number of nitrogens with zero attached hydrogens (tertiary/aromatic N) is 6. The molecule has 0 fully saturated rings. The summed E-state index contributed by atoms with van der Waals surface area (Å²) in [6.07, 6.45) is 3.75. The number of hydrogen-bond acceptors (Lipinski definition) is 8. The fourth-order valence-electron chi connectivity index (χ4n) is 5.15. The third-order valence-electron chi connectivity index (χ3n) is 6.96. The Balaban J connectivity index is 2.07. The van der Waals surface area contributed by atoms with Gasteiger partial charge in [0.25, 0.3) is 5.56 Å². The van der Waals surface area contributed by atoms with Crippen LogP contribution in [0.3, 0.4) is 0 Å². The van der Waals surface area contributed by atoms with Crippen molar-refractivity contribution in [3.8, 4) is 11.6 Å². The molecule has 0 aliphatic heterocycles. The van der Waals surface area contributed by atoms with Crippen molar-refractivity contribution in [1.82, 2.24) is 24.3 Å². The van der Waals surface area contributed by atoms with Gasteiger partial charge in [0.05, 0.1) is 25.6 Å². The monoisotopic (exact) mass is 592 g/mol. The first-order valence-corrected chi connectivity index (χ1v) is 14.1. The first-order valence-electron chi connectivity index (χ1n) is 13.8. The van der Waals surface area contributed by atoms with E-state index in [1.54, 1.807) is 52.6 Å². The zero-order valence-corrected chi connectivity index (χ0v) is 26.1. The molecule has 222 valence electrons. The summed E-state index contributed by atoms with van der Waals surface area (Å²) in [5.41, 5.74) is 4.39. The zero-order valence-electron chi connectivity index (χ0n) is 25.3. The number of aryl methyl sites for hydroxylation is 2. The molecule has 4 rings (SSSR count). The van der Waals surface area contributed by atoms with Crippen LogP contribution in [0.25, 0.3) is 5.69 Å². The van der Waals surface area contributed by atoms with E-state index in [1.807, 2.05) is 53.1 Å². The molecule has 1 atom stereocenters. The van der Waals surface area contributed by atoms with Crippen molar-refractivity contribution >= 4 is 23.5 Å². The van der Waals surface area contributed by atoms with Crippen molar-refractivity contribution in [3.05, 3.63) is 91.7 Å². The Hall–Kier alpha value is -4.18. The summed E-state index contributed by atoms with van der Waals surface area (Å²) in [6, 6.07) is 9.33. The highest BCUT2D eigenvalue weighted by atomic mass is 35.5. The lowest BCUT2D eigenvalue weighted by Gasteiger charge is -2.22. The number of carbonyl (C=O) groups is 1. The number of methoxy groups -OCH3 is 1. The molecule has 0 bridgehead atoms. The van der Waals surface area contributed by atoms with E-state index in [1.165, 1.54) is 7.11 Å². The number of carbonyl (C=O) groups excluding carboxylic acids is 1. The van der Waals surface area contributed by atoms with Crippen molar-refractivity contribution in [1.29, 1.82) is 0 Å². The summed E-state index contributed by atoms with van der Waals surface area (Å²) in [4.78, 5) is 37.7. The third kappa shape index (κ3) is 6.18. The minimum absolute atomic E-state index is 0.106. The zero-order chi connectivity index (χ0) is 30.7. The van der Waals surface area contributed by atoms with Crippen LogP contribution in [0.15, 0.2) is 47.5 Å². The number of aromatic nitrogens is 5. The topological polar surface area (TPSA) is 104 Å². The molecule has 4 aromatic rings. The van der Waals surface area contributed by atoms with Gasteiger partial charge in [0, 0.05) is 49.4 Å². The van der Waals surface area contributed by atoms with E-state index in [4.69, 9.17) is 26.2 Å². The molecule has 0 spiro atoms. The number of esters is 1. The first kappa shape index (κ1) is 30.8. The number of halogens is 1. The van der Waals surface area contributed by atoms with E-state index in [-0.39, 0.29) is 23.8 Å². The largest absolute Gasteiger partial charge is 0.479 e. The lowest BCUT2D eigenvalue weighted by Crippen LogP contribution is -2.24. The summed E-state index contributed by atoms with van der Waals surface area (Å²) in [5.74, 6) is -0.335. The molecule has 0 radical (unpaired) electrons. The van der Waals surface area contributed by atoms with E-state index >= 15 is 0 Å². The Morgan fingerprint density at radius 1 is 1.17 bits per heavy atom. The van der Waals surface area contributed by atoms with Gasteiger partial charge in [-0.2, -0.15) is 10.1 Å². The maximum Gasteiger partial charge on any atom is 0.359 e. The van der Waals surface area contributed by atoms with E-state index in [2.05, 4.69) is 9.97 Å². The van der Waals surface area contributed by atoms with Gasteiger partial charge in [0.1, 0.15) is 5.69 Å². The molecule has 1 aromatic carbocycles. The van der Waals surface area contributed by atoms with Crippen LogP contribution in [0.4, 0.5) is 5.95 Å². The Labute approximate surface area is 250 Å². The molecule has 3 aromatic heterocycles. The predicted molar refractivity (Wildman–Crippen MR) is 163 cm³/mol. The van der Waals surface area contributed by atoms with E-state index in [0.717, 1.165) is 16.8 Å². The second-order valence-corrected chi connectivity index (χ2v) is 11.1. The van der Waals surface area contributed by atoms with Gasteiger partial charge in [0.15, 0.2) is 5.69 Å². The van der Waals surface area contributed by atoms with Crippen molar-refractivity contribution < 1.29 is 14.3 Å². The lowest BCUT2D eigenvalue weighted by molar-refractivity contribution is 0.0517. The number of pyridine rings is 1. The maximum absolute atomic E-state index is 13.5. The number of benzene rings is 1. The SMILES string of the molecule is CCOC(=O)c1nn(-c2cnc(N(C)C)nc2OC)c(C(C)C)c1C(Cc1cc(C)cn(C)c1=O)c1ccc(Cl)cc1. The van der Waals surface area contributed by atoms with Crippen LogP contribution in [0.2, 0.25) is 5.02 Å². The standard InChI is InChI=1S/C31H37ClN6O4/c1-9-42-30(40)26-25(27(18(2)3)38(35-26)24-16-33-31(36(5)6)34-28(24)41-8)23(20-10-12-22(32)13-11-20)15-21-14-19(4)17-37(7)29(21)39/h10-14,16-18,23H,9,15H2,1-8H3. The summed E-state index contributed by atoms with van der Waals surface area (Å²) in [7, 11) is 6.94. The minimum Gasteiger partial charge on any atom is -0.479 e. The Morgan fingerprint density at radius 2 is 1.86 bits per heavy atom. The van der Waals surface area contributed by atoms with Crippen molar-refractivity contribution in [2.24, 2.45) is 7.05 Å². The number of hydrogen-bond donors (Lipinski definition) is 0. The van der Waals surface area contributed by atoms with Crippen LogP contribution in [-0.4, -0.2) is 58.1 Å². The molecule has 0 amide bonds. The molecule has 0 saturated carbocycles. The van der Waals surface area contributed by atoms with Gasteiger partial charge in [-0.05, 0) is 55.5 Å². The molecule has 0 N–H and O–H groups in total. The van der Waals surface area contributed by atoms with Crippen LogP contribution < -0.4 is 15.2 Å². The smallest absolute Gasteiger partial charge is 0.359 e. The van der Waals surface area contributed by atoms with Gasteiger partial charge in [-0.25, -0.2) is 14.5 Å². The van der Waals surface area contributed by atoms with E-state index < -0.39 is 11.9 Å². The number of rotatable bonds is 10. The molecular formula is C31H37ClN6O4. The molecule has 3 heterocycles. The van der Waals surface area contributed by atoms with Crippen molar-refractivity contribution in [2.75, 3.05) is 32.7 Å². The Bertz CT molecular complexity index is 1640. The molecule has 0 aliphatic carbocycles. The second-order valence-electron chi connectivity index (χ2n) is 10.7. The Morgan fingerprint density at radius 3 is 2.45 bits per heavy atom. The average Bonchev–Trinajstić information content (AvgIpc) is 3.35. The highest BCUT2D eigenvalue weighted by Gasteiger charge is 2.34. The highest BCUT2D eigenvalue weighted by Crippen LogP contribution is 2.39. The highest BCUT2D eigenvalue weighted by molar-refractivity contribution is 6.30. The number of anilines is 1. The molecule has 10 nitrogen and oxygen atoms in total. The quantitative estimate of drug-likeness (QED) is 0.235. The summed E-state index contributed by atoms with van der Waals surface area (Å²) in [5, 5.41) is 5.41. The van der Waals surface area contributed by atoms with Gasteiger partial charge in [-0.1, -0.05) is 37.6 Å². The second kappa shape index (κ2) is 12.8. The fourth-order valence-corrected chi connectivity index (χ4v) is 5.28. The van der Waals surface area contributed by atoms with Crippen molar-refractivity contribution in [3.63, 3.8) is 0 Å². The molecule has 0 aliphatic rings. The van der Waals surface area contributed by atoms with Crippen LogP contribution in [0.5, 0.6) is 5.88 Å². The molecule has 0 saturated heterocycles. The average molecular weight is 593 g/mol. The first-order chi connectivity index (χ1) is 20.0. The normalized spacial score (nSPS) is 12.0. The van der Waals surface area contributed by atoms with E-state index in [0.29, 0.717) is 40.1 Å². The number of ether oxygens (including phenoxy) is 2. The fraction of sp³-hybridized carbons (Fsp3) is 0.387. The molecular weight excluding hydrogens is 556 g/mol. The predicted octanol–water partition coefficient (Wildman–Crippen LogP) is 5.07. The van der Waals surface area contributed by atoms with Gasteiger partial charge in [0.2, 0.25) is 11.8 Å². The maximum atomic E-state index is 13.5. The van der Waals surface area contributed by atoms with Crippen LogP contribution >= 0.6 is 11.6 Å². The summed E-state index contributed by atoms with van der Waals surface area (Å²) >= 11 is 6.27. The van der Waals surface area contributed by atoms with Gasteiger partial charge >= 0.3 is 5.97 Å². The lowest BCUT2D eigenvalue weighted by atomic mass is 9.82. The van der Waals surface area contributed by atoms with Crippen LogP contribution in [0.1, 0.15) is 71.0 Å². The van der Waals surface area contributed by atoms with Crippen LogP contribution in [-0.2, 0) is 18.2 Å².